The average molecular weight is 261 g/mol. The molecule has 2 N–H and O–H groups in total. The third kappa shape index (κ3) is 3.04. The zero-order valence-electron chi connectivity index (χ0n) is 9.62. The smallest absolute Gasteiger partial charge is 0.307 e. The van der Waals surface area contributed by atoms with Crippen LogP contribution >= 0.6 is 0 Å². The maximum absolute atomic E-state index is 12.0. The highest BCUT2D eigenvalue weighted by molar-refractivity contribution is 7.89. The Hall–Kier alpha value is -1.41. The Morgan fingerprint density at radius 2 is 2.29 bits per heavy atom. The fraction of sp³-hybridized carbons (Fsp3) is 0.556. The highest BCUT2D eigenvalue weighted by Gasteiger charge is 2.27. The molecule has 1 unspecified atom stereocenters. The van der Waals surface area contributed by atoms with E-state index in [9.17, 15) is 13.2 Å². The van der Waals surface area contributed by atoms with E-state index in [0.717, 1.165) is 4.31 Å². The molecule has 0 aliphatic heterocycles. The van der Waals surface area contributed by atoms with Crippen LogP contribution in [-0.4, -0.2) is 47.1 Å². The molecule has 0 aromatic carbocycles. The van der Waals surface area contributed by atoms with Crippen molar-refractivity contribution >= 4 is 16.0 Å². The van der Waals surface area contributed by atoms with Gasteiger partial charge in [-0.15, -0.1) is 0 Å². The molecule has 8 heteroatoms. The minimum Gasteiger partial charge on any atom is -0.481 e. The number of nitrogens with one attached hydrogen (secondary N) is 1. The zero-order valence-corrected chi connectivity index (χ0v) is 10.4. The van der Waals surface area contributed by atoms with Crippen LogP contribution in [0, 0.1) is 5.92 Å². The van der Waals surface area contributed by atoms with Crippen LogP contribution in [0.25, 0.3) is 0 Å². The van der Waals surface area contributed by atoms with Gasteiger partial charge in [0.2, 0.25) is 0 Å². The lowest BCUT2D eigenvalue weighted by Crippen LogP contribution is -2.36. The van der Waals surface area contributed by atoms with Crippen LogP contribution in [0.5, 0.6) is 0 Å². The van der Waals surface area contributed by atoms with E-state index in [2.05, 4.69) is 10.2 Å². The fourth-order valence-electron chi connectivity index (χ4n) is 1.31. The lowest BCUT2D eigenvalue weighted by Gasteiger charge is -2.21. The van der Waals surface area contributed by atoms with Crippen molar-refractivity contribution in [1.29, 1.82) is 0 Å². The molecule has 1 aromatic rings. The van der Waals surface area contributed by atoms with Gasteiger partial charge < -0.3 is 5.11 Å². The van der Waals surface area contributed by atoms with Crippen LogP contribution in [0.2, 0.25) is 0 Å². The van der Waals surface area contributed by atoms with Crippen molar-refractivity contribution in [2.75, 3.05) is 13.1 Å². The molecule has 1 rings (SSSR count). The maximum Gasteiger partial charge on any atom is 0.307 e. The summed E-state index contributed by atoms with van der Waals surface area (Å²) in [5.74, 6) is -1.78. The number of aromatic nitrogens is 2. The lowest BCUT2D eigenvalue weighted by atomic mass is 10.2. The van der Waals surface area contributed by atoms with Crippen molar-refractivity contribution in [3.8, 4) is 0 Å². The predicted octanol–water partition coefficient (Wildman–Crippen LogP) is 0.141. The monoisotopic (exact) mass is 261 g/mol. The summed E-state index contributed by atoms with van der Waals surface area (Å²) in [6, 6.07) is 1.34. The molecule has 7 nitrogen and oxygen atoms in total. The van der Waals surface area contributed by atoms with Gasteiger partial charge in [-0.3, -0.25) is 9.89 Å². The second-order valence-electron chi connectivity index (χ2n) is 3.62. The number of hydrogen-bond acceptors (Lipinski definition) is 4. The molecule has 0 spiro atoms. The number of carbonyl (C=O) groups is 1. The highest BCUT2D eigenvalue weighted by Crippen LogP contribution is 2.14. The van der Waals surface area contributed by atoms with Crippen LogP contribution in [0.15, 0.2) is 17.3 Å². The second kappa shape index (κ2) is 5.28. The topological polar surface area (TPSA) is 103 Å². The normalized spacial score (nSPS) is 13.8. The van der Waals surface area contributed by atoms with Crippen molar-refractivity contribution in [2.24, 2.45) is 5.92 Å². The number of sulfonamides is 1. The van der Waals surface area contributed by atoms with E-state index in [1.165, 1.54) is 19.2 Å². The van der Waals surface area contributed by atoms with Gasteiger partial charge in [0.15, 0.2) is 5.03 Å². The molecule has 0 radical (unpaired) electrons. The molecule has 0 amide bonds. The number of H-pyrrole nitrogens is 1. The van der Waals surface area contributed by atoms with Gasteiger partial charge in [-0.05, 0) is 6.07 Å². The number of rotatable bonds is 6. The summed E-state index contributed by atoms with van der Waals surface area (Å²) < 4.78 is 25.2. The summed E-state index contributed by atoms with van der Waals surface area (Å²) in [7, 11) is -3.68. The number of carboxylic acids is 1. The number of aliphatic carboxylic acids is 1. The zero-order chi connectivity index (χ0) is 13.1. The van der Waals surface area contributed by atoms with Crippen LogP contribution in [0.1, 0.15) is 13.8 Å². The SMILES string of the molecule is CCN(CC(C)C(=O)O)S(=O)(=O)c1ccn[nH]1. The summed E-state index contributed by atoms with van der Waals surface area (Å²) in [5.41, 5.74) is 0. The molecule has 1 atom stereocenters. The second-order valence-corrected chi connectivity index (χ2v) is 5.52. The standard InChI is InChI=1S/C9H15N3O4S/c1-3-12(6-7(2)9(13)14)17(15,16)8-4-5-10-11-8/h4-5,7H,3,6H2,1-2H3,(H,10,11)(H,13,14). The first-order valence-electron chi connectivity index (χ1n) is 5.12. The first kappa shape index (κ1) is 13.7. The van der Waals surface area contributed by atoms with E-state index < -0.39 is 21.9 Å². The van der Waals surface area contributed by atoms with Crippen LogP contribution in [0.4, 0.5) is 0 Å². The van der Waals surface area contributed by atoms with E-state index in [0.29, 0.717) is 0 Å². The number of carboxylic acid groups (broad SMARTS) is 1. The maximum atomic E-state index is 12.0. The Morgan fingerprint density at radius 1 is 1.65 bits per heavy atom. The number of aromatic amines is 1. The molecular formula is C9H15N3O4S. The fourth-order valence-corrected chi connectivity index (χ4v) is 2.75. The molecule has 0 fully saturated rings. The third-order valence-corrected chi connectivity index (χ3v) is 4.22. The molecule has 0 bridgehead atoms. The van der Waals surface area contributed by atoms with Crippen LogP contribution in [-0.2, 0) is 14.8 Å². The van der Waals surface area contributed by atoms with Gasteiger partial charge in [-0.2, -0.15) is 9.40 Å². The first-order chi connectivity index (χ1) is 7.89. The van der Waals surface area contributed by atoms with Gasteiger partial charge in [0.05, 0.1) is 12.1 Å². The lowest BCUT2D eigenvalue weighted by molar-refractivity contribution is -0.141. The molecule has 0 saturated carbocycles. The van der Waals surface area contributed by atoms with Crippen molar-refractivity contribution < 1.29 is 18.3 Å². The molecular weight excluding hydrogens is 246 g/mol. The van der Waals surface area contributed by atoms with Gasteiger partial charge >= 0.3 is 5.97 Å². The summed E-state index contributed by atoms with van der Waals surface area (Å²) >= 11 is 0. The molecule has 0 saturated heterocycles. The Labute approximate surface area is 99.5 Å². The summed E-state index contributed by atoms with van der Waals surface area (Å²) in [5, 5.41) is 14.7. The summed E-state index contributed by atoms with van der Waals surface area (Å²) in [6.45, 7) is 3.27. The summed E-state index contributed by atoms with van der Waals surface area (Å²) in [6.07, 6.45) is 1.33. The van der Waals surface area contributed by atoms with Gasteiger partial charge in [-0.25, -0.2) is 8.42 Å². The Balaban J connectivity index is 2.92. The Bertz CT molecular complexity index is 468. The average Bonchev–Trinajstić information content (AvgIpc) is 2.78. The van der Waals surface area contributed by atoms with E-state index in [4.69, 9.17) is 5.11 Å². The van der Waals surface area contributed by atoms with E-state index >= 15 is 0 Å². The van der Waals surface area contributed by atoms with E-state index in [1.807, 2.05) is 0 Å². The Morgan fingerprint density at radius 3 is 2.71 bits per heavy atom. The Kier molecular flexibility index (Phi) is 4.24. The third-order valence-electron chi connectivity index (χ3n) is 2.34. The van der Waals surface area contributed by atoms with Crippen molar-refractivity contribution in [2.45, 2.75) is 18.9 Å². The molecule has 17 heavy (non-hydrogen) atoms. The highest BCUT2D eigenvalue weighted by atomic mass is 32.2. The number of nitrogens with zero attached hydrogens (tertiary/aromatic N) is 2. The minimum atomic E-state index is -3.68. The van der Waals surface area contributed by atoms with E-state index in [1.54, 1.807) is 6.92 Å². The first-order valence-corrected chi connectivity index (χ1v) is 6.56. The molecule has 96 valence electrons. The van der Waals surface area contributed by atoms with Gasteiger partial charge in [0.1, 0.15) is 0 Å². The largest absolute Gasteiger partial charge is 0.481 e. The molecule has 1 heterocycles. The van der Waals surface area contributed by atoms with Crippen LogP contribution in [0.3, 0.4) is 0 Å². The van der Waals surface area contributed by atoms with Gasteiger partial charge in [0.25, 0.3) is 10.0 Å². The van der Waals surface area contributed by atoms with Crippen LogP contribution < -0.4 is 0 Å². The van der Waals surface area contributed by atoms with Crippen molar-refractivity contribution in [3.05, 3.63) is 12.3 Å². The van der Waals surface area contributed by atoms with Gasteiger partial charge in [-0.1, -0.05) is 13.8 Å². The minimum absolute atomic E-state index is 0.0306. The van der Waals surface area contributed by atoms with Crippen molar-refractivity contribution in [3.63, 3.8) is 0 Å². The van der Waals surface area contributed by atoms with Crippen molar-refractivity contribution in [1.82, 2.24) is 14.5 Å². The number of hydrogen-bond donors (Lipinski definition) is 2. The summed E-state index contributed by atoms with van der Waals surface area (Å²) in [4.78, 5) is 10.7. The molecule has 1 aromatic heterocycles. The molecule has 0 aliphatic carbocycles. The van der Waals surface area contributed by atoms with Gasteiger partial charge in [0, 0.05) is 13.1 Å². The quantitative estimate of drug-likeness (QED) is 0.758. The van der Waals surface area contributed by atoms with E-state index in [-0.39, 0.29) is 18.1 Å². The molecule has 0 aliphatic rings. The predicted molar refractivity (Wildman–Crippen MR) is 59.8 cm³/mol.